The van der Waals surface area contributed by atoms with Crippen molar-refractivity contribution >= 4 is 16.1 Å². The molecule has 1 aromatic rings. The van der Waals surface area contributed by atoms with Crippen LogP contribution < -0.4 is 5.73 Å². The molecule has 0 unspecified atom stereocenters. The van der Waals surface area contributed by atoms with Gasteiger partial charge in [-0.15, -0.1) is 0 Å². The molecule has 0 aliphatic carbocycles. The highest BCUT2D eigenvalue weighted by molar-refractivity contribution is 7.90. The summed E-state index contributed by atoms with van der Waals surface area (Å²) in [5, 5.41) is 0. The van der Waals surface area contributed by atoms with Gasteiger partial charge in [-0.2, -0.15) is 8.42 Å². The Kier molecular flexibility index (Phi) is 3.74. The zero-order valence-electron chi connectivity index (χ0n) is 7.88. The molecular weight excluding hydrogens is 216 g/mol. The Hall–Kier alpha value is -1.49. The van der Waals surface area contributed by atoms with Crippen molar-refractivity contribution in [3.05, 3.63) is 29.8 Å². The maximum absolute atomic E-state index is 11.2. The smallest absolute Gasteiger partial charge is 0.292 e. The molecule has 1 rings (SSSR count). The Labute approximate surface area is 87.7 Å². The van der Waals surface area contributed by atoms with E-state index in [-0.39, 0.29) is 4.90 Å². The summed E-state index contributed by atoms with van der Waals surface area (Å²) in [4.78, 5) is 9.85. The summed E-state index contributed by atoms with van der Waals surface area (Å²) in [5.74, 6) is 0. The van der Waals surface area contributed by atoms with Gasteiger partial charge in [-0.1, -0.05) is 16.5 Å². The van der Waals surface area contributed by atoms with Gasteiger partial charge >= 0.3 is 0 Å². The second-order valence-corrected chi connectivity index (χ2v) is 4.44. The highest BCUT2D eigenvalue weighted by Crippen LogP contribution is 2.12. The summed E-state index contributed by atoms with van der Waals surface area (Å²) in [5.41, 5.74) is 6.28. The number of benzene rings is 1. The average molecular weight is 226 g/mol. The van der Waals surface area contributed by atoms with Crippen LogP contribution in [0, 0.1) is 0 Å². The summed E-state index contributed by atoms with van der Waals surface area (Å²) >= 11 is 0. The molecule has 0 heterocycles. The van der Waals surface area contributed by atoms with Gasteiger partial charge in [0.25, 0.3) is 16.1 Å². The minimum Gasteiger partial charge on any atom is -0.330 e. The lowest BCUT2D eigenvalue weighted by Gasteiger charge is -1.99. The van der Waals surface area contributed by atoms with E-state index in [1.54, 1.807) is 12.1 Å². The monoisotopic (exact) mass is 226 g/mol. The first kappa shape index (κ1) is 11.6. The maximum atomic E-state index is 11.2. The molecule has 15 heavy (non-hydrogen) atoms. The van der Waals surface area contributed by atoms with Crippen molar-refractivity contribution in [3.63, 3.8) is 0 Å². The predicted octanol–water partition coefficient (Wildman–Crippen LogP) is 0.212. The Morgan fingerprint density at radius 2 is 1.87 bits per heavy atom. The van der Waals surface area contributed by atoms with Crippen LogP contribution in [0.5, 0.6) is 0 Å². The molecule has 0 aliphatic rings. The van der Waals surface area contributed by atoms with Gasteiger partial charge in [-0.3, -0.25) is 0 Å². The van der Waals surface area contributed by atoms with Crippen LogP contribution in [0.2, 0.25) is 0 Å². The molecule has 1 aromatic carbocycles. The first-order valence-electron chi connectivity index (χ1n) is 4.23. The fourth-order valence-corrected chi connectivity index (χ4v) is 1.78. The van der Waals surface area contributed by atoms with Gasteiger partial charge in [0, 0.05) is 0 Å². The number of sulfonamides is 1. The van der Waals surface area contributed by atoms with Gasteiger partial charge < -0.3 is 5.73 Å². The molecule has 0 amide bonds. The SMILES string of the molecule is NCCc1ccc(S(=O)(=O)N=C=O)cc1. The van der Waals surface area contributed by atoms with Crippen LogP contribution in [0.25, 0.3) is 0 Å². The van der Waals surface area contributed by atoms with Crippen LogP contribution in [-0.4, -0.2) is 21.0 Å². The fraction of sp³-hybridized carbons (Fsp3) is 0.222. The van der Waals surface area contributed by atoms with E-state index in [0.29, 0.717) is 13.0 Å². The second-order valence-electron chi connectivity index (χ2n) is 2.84. The molecule has 0 aliphatic heterocycles. The van der Waals surface area contributed by atoms with Gasteiger partial charge in [-0.25, -0.2) is 4.79 Å². The van der Waals surface area contributed by atoms with E-state index < -0.39 is 10.0 Å². The van der Waals surface area contributed by atoms with Crippen LogP contribution in [0.1, 0.15) is 5.56 Å². The Balaban J connectivity index is 3.04. The van der Waals surface area contributed by atoms with Crippen molar-refractivity contribution in [1.82, 2.24) is 0 Å². The minimum absolute atomic E-state index is 0.0216. The van der Waals surface area contributed by atoms with Crippen molar-refractivity contribution in [2.75, 3.05) is 6.54 Å². The highest BCUT2D eigenvalue weighted by atomic mass is 32.2. The molecule has 0 aromatic heterocycles. The Morgan fingerprint density at radius 1 is 1.27 bits per heavy atom. The summed E-state index contributed by atoms with van der Waals surface area (Å²) in [6.45, 7) is 0.499. The number of hydrogen-bond donors (Lipinski definition) is 1. The summed E-state index contributed by atoms with van der Waals surface area (Å²) in [6.07, 6.45) is 1.69. The van der Waals surface area contributed by atoms with E-state index in [2.05, 4.69) is 4.40 Å². The third-order valence-electron chi connectivity index (χ3n) is 1.81. The molecule has 0 fully saturated rings. The minimum atomic E-state index is -3.87. The molecular formula is C9H10N2O3S. The number of carbonyl (C=O) groups excluding carboxylic acids is 1. The third kappa shape index (κ3) is 2.99. The summed E-state index contributed by atoms with van der Waals surface area (Å²) < 4.78 is 25.2. The van der Waals surface area contributed by atoms with Gasteiger partial charge in [0.1, 0.15) is 0 Å². The lowest BCUT2D eigenvalue weighted by atomic mass is 10.2. The Bertz CT molecular complexity index is 473. The van der Waals surface area contributed by atoms with Crippen LogP contribution in [0.15, 0.2) is 33.6 Å². The van der Waals surface area contributed by atoms with Gasteiger partial charge in [-0.05, 0) is 30.7 Å². The molecule has 0 spiro atoms. The zero-order chi connectivity index (χ0) is 11.3. The van der Waals surface area contributed by atoms with Crippen molar-refractivity contribution < 1.29 is 13.2 Å². The van der Waals surface area contributed by atoms with E-state index in [4.69, 9.17) is 5.73 Å². The van der Waals surface area contributed by atoms with Crippen LogP contribution in [0.4, 0.5) is 0 Å². The van der Waals surface area contributed by atoms with Crippen LogP contribution in [0.3, 0.4) is 0 Å². The third-order valence-corrected chi connectivity index (χ3v) is 2.99. The highest BCUT2D eigenvalue weighted by Gasteiger charge is 2.11. The molecule has 5 nitrogen and oxygen atoms in total. The average Bonchev–Trinajstić information content (AvgIpc) is 2.19. The second kappa shape index (κ2) is 4.84. The molecule has 6 heteroatoms. The van der Waals surface area contributed by atoms with E-state index in [1.807, 2.05) is 0 Å². The van der Waals surface area contributed by atoms with Gasteiger partial charge in [0.2, 0.25) is 0 Å². The van der Waals surface area contributed by atoms with E-state index in [0.717, 1.165) is 11.6 Å². The first-order chi connectivity index (χ1) is 7.10. The molecule has 80 valence electrons. The molecule has 0 radical (unpaired) electrons. The van der Waals surface area contributed by atoms with Crippen LogP contribution in [-0.2, 0) is 21.2 Å². The Morgan fingerprint density at radius 3 is 2.33 bits per heavy atom. The summed E-state index contributed by atoms with van der Waals surface area (Å²) in [7, 11) is -3.87. The predicted molar refractivity (Wildman–Crippen MR) is 54.5 cm³/mol. The zero-order valence-corrected chi connectivity index (χ0v) is 8.70. The van der Waals surface area contributed by atoms with Crippen LogP contribution >= 0.6 is 0 Å². The molecule has 2 N–H and O–H groups in total. The lowest BCUT2D eigenvalue weighted by Crippen LogP contribution is -2.03. The van der Waals surface area contributed by atoms with Gasteiger partial charge in [0.05, 0.1) is 4.90 Å². The first-order valence-corrected chi connectivity index (χ1v) is 5.67. The van der Waals surface area contributed by atoms with Crippen molar-refractivity contribution in [2.45, 2.75) is 11.3 Å². The molecule has 0 saturated carbocycles. The van der Waals surface area contributed by atoms with E-state index in [9.17, 15) is 13.2 Å². The summed E-state index contributed by atoms with van der Waals surface area (Å²) in [6, 6.07) is 6.06. The molecule has 0 bridgehead atoms. The van der Waals surface area contributed by atoms with Crippen molar-refractivity contribution in [1.29, 1.82) is 0 Å². The number of isocyanates is 1. The van der Waals surface area contributed by atoms with E-state index >= 15 is 0 Å². The number of nitrogens with zero attached hydrogens (tertiary/aromatic N) is 1. The van der Waals surface area contributed by atoms with Gasteiger partial charge in [0.15, 0.2) is 0 Å². The normalized spacial score (nSPS) is 10.7. The quantitative estimate of drug-likeness (QED) is 0.587. The number of hydrogen-bond acceptors (Lipinski definition) is 4. The molecule has 0 saturated heterocycles. The van der Waals surface area contributed by atoms with Crippen molar-refractivity contribution in [2.24, 2.45) is 10.1 Å². The van der Waals surface area contributed by atoms with E-state index in [1.165, 1.54) is 12.1 Å². The number of rotatable bonds is 4. The standard InChI is InChI=1S/C9H10N2O3S/c10-6-5-8-1-3-9(4-2-8)15(13,14)11-7-12/h1-4H,5-6,10H2. The fourth-order valence-electron chi connectivity index (χ4n) is 1.10. The topological polar surface area (TPSA) is 89.6 Å². The lowest BCUT2D eigenvalue weighted by molar-refractivity contribution is 0.563. The largest absolute Gasteiger partial charge is 0.330 e. The number of nitrogens with two attached hydrogens (primary N) is 1. The maximum Gasteiger partial charge on any atom is 0.292 e. The molecule has 0 atom stereocenters. The van der Waals surface area contributed by atoms with Crippen molar-refractivity contribution in [3.8, 4) is 0 Å².